The Bertz CT molecular complexity index is 770. The van der Waals surface area contributed by atoms with E-state index in [-0.39, 0.29) is 18.4 Å². The molecule has 1 aromatic carbocycles. The van der Waals surface area contributed by atoms with Crippen LogP contribution in [0.2, 0.25) is 0 Å². The Morgan fingerprint density at radius 3 is 2.62 bits per heavy atom. The first kappa shape index (κ1) is 17.9. The number of rotatable bonds is 2. The lowest BCUT2D eigenvalue weighted by atomic mass is 9.80. The van der Waals surface area contributed by atoms with Crippen molar-refractivity contribution in [3.05, 3.63) is 64.5 Å². The van der Waals surface area contributed by atoms with Crippen LogP contribution in [0.1, 0.15) is 40.4 Å². The Hall–Kier alpha value is -2.40. The van der Waals surface area contributed by atoms with Crippen LogP contribution in [0.25, 0.3) is 0 Å². The summed E-state index contributed by atoms with van der Waals surface area (Å²) in [4.78, 5) is 4.73. The summed E-state index contributed by atoms with van der Waals surface area (Å²) < 4.78 is 0. The lowest BCUT2D eigenvalue weighted by molar-refractivity contribution is 0.673. The van der Waals surface area contributed by atoms with Gasteiger partial charge < -0.3 is 5.73 Å². The molecular weight excluding hydrogens is 322 g/mol. The second-order valence-electron chi connectivity index (χ2n) is 6.00. The van der Waals surface area contributed by atoms with Gasteiger partial charge in [0.2, 0.25) is 5.96 Å². The van der Waals surface area contributed by atoms with Crippen molar-refractivity contribution in [1.29, 1.82) is 5.41 Å². The van der Waals surface area contributed by atoms with Crippen LogP contribution in [-0.2, 0) is 6.42 Å². The van der Waals surface area contributed by atoms with E-state index in [1.165, 1.54) is 11.1 Å². The number of benzene rings is 1. The highest BCUT2D eigenvalue weighted by atomic mass is 35.5. The van der Waals surface area contributed by atoms with Gasteiger partial charge in [-0.2, -0.15) is 5.10 Å². The number of hydrogen-bond donors (Lipinski definition) is 3. The number of aryl methyl sites for hydroxylation is 2. The molecule has 24 heavy (non-hydrogen) atoms. The number of guanidine groups is 1. The number of hydrazone groups is 1. The van der Waals surface area contributed by atoms with Gasteiger partial charge in [0.05, 0.1) is 11.4 Å². The third kappa shape index (κ3) is 3.74. The van der Waals surface area contributed by atoms with Gasteiger partial charge in [-0.05, 0) is 49.8 Å². The molecule has 0 saturated heterocycles. The maximum absolute atomic E-state index is 7.34. The molecule has 1 aromatic heterocycles. The number of nitrogens with one attached hydrogen (secondary N) is 2. The molecule has 0 spiro atoms. The molecule has 1 unspecified atom stereocenters. The average molecular weight is 344 g/mol. The molecule has 0 aliphatic heterocycles. The summed E-state index contributed by atoms with van der Waals surface area (Å²) in [6.07, 6.45) is 1.71. The molecule has 1 heterocycles. The molecular formula is C18H22ClN5. The van der Waals surface area contributed by atoms with E-state index in [9.17, 15) is 0 Å². The highest BCUT2D eigenvalue weighted by Crippen LogP contribution is 2.33. The van der Waals surface area contributed by atoms with Crippen LogP contribution in [0.3, 0.4) is 0 Å². The molecule has 0 radical (unpaired) electrons. The standard InChI is InChI=1S/C18H21N5.ClH/c1-11-8-12(2)21-15-9-14(13-6-4-3-5-7-13)10-16(17(11)15)22-23-18(19)20;/h3-8,14H,9-10H2,1-2H3,(H4,19,20,23);1H/b22-16-;. The number of hydrogen-bond acceptors (Lipinski definition) is 3. The maximum Gasteiger partial charge on any atom is 0.206 e. The number of aromatic nitrogens is 1. The zero-order valence-electron chi connectivity index (χ0n) is 13.8. The molecule has 2 aromatic rings. The summed E-state index contributed by atoms with van der Waals surface area (Å²) in [6, 6.07) is 12.5. The molecule has 4 N–H and O–H groups in total. The molecule has 1 aliphatic carbocycles. The summed E-state index contributed by atoms with van der Waals surface area (Å²) in [5, 5.41) is 11.7. The van der Waals surface area contributed by atoms with Gasteiger partial charge in [0.25, 0.3) is 0 Å². The molecule has 0 bridgehead atoms. The van der Waals surface area contributed by atoms with Gasteiger partial charge >= 0.3 is 0 Å². The second kappa shape index (κ2) is 7.45. The van der Waals surface area contributed by atoms with E-state index in [0.717, 1.165) is 35.5 Å². The maximum atomic E-state index is 7.34. The minimum atomic E-state index is -0.154. The van der Waals surface area contributed by atoms with Gasteiger partial charge in [-0.15, -0.1) is 12.4 Å². The third-order valence-electron chi connectivity index (χ3n) is 4.17. The van der Waals surface area contributed by atoms with E-state index in [1.807, 2.05) is 13.0 Å². The summed E-state index contributed by atoms with van der Waals surface area (Å²) in [7, 11) is 0. The predicted octanol–water partition coefficient (Wildman–Crippen LogP) is 3.04. The fourth-order valence-electron chi connectivity index (χ4n) is 3.29. The molecule has 3 rings (SSSR count). The van der Waals surface area contributed by atoms with Gasteiger partial charge in [-0.1, -0.05) is 30.3 Å². The quantitative estimate of drug-likeness (QED) is 0.445. The van der Waals surface area contributed by atoms with Crippen LogP contribution in [0.5, 0.6) is 0 Å². The van der Waals surface area contributed by atoms with Crippen molar-refractivity contribution in [2.45, 2.75) is 32.6 Å². The van der Waals surface area contributed by atoms with Crippen LogP contribution in [0.4, 0.5) is 0 Å². The average Bonchev–Trinajstić information content (AvgIpc) is 2.52. The molecule has 1 aliphatic rings. The Morgan fingerprint density at radius 2 is 1.96 bits per heavy atom. The monoisotopic (exact) mass is 343 g/mol. The first-order valence-corrected chi connectivity index (χ1v) is 7.73. The van der Waals surface area contributed by atoms with Crippen molar-refractivity contribution in [3.63, 3.8) is 0 Å². The van der Waals surface area contributed by atoms with Crippen molar-refractivity contribution >= 4 is 24.1 Å². The molecule has 5 nitrogen and oxygen atoms in total. The van der Waals surface area contributed by atoms with E-state index in [4.69, 9.17) is 16.1 Å². The molecule has 0 saturated carbocycles. The van der Waals surface area contributed by atoms with Gasteiger partial charge in [-0.25, -0.2) is 5.43 Å². The van der Waals surface area contributed by atoms with Gasteiger partial charge in [0.15, 0.2) is 0 Å². The fourth-order valence-corrected chi connectivity index (χ4v) is 3.29. The zero-order valence-corrected chi connectivity index (χ0v) is 14.7. The van der Waals surface area contributed by atoms with Crippen LogP contribution >= 0.6 is 12.4 Å². The summed E-state index contributed by atoms with van der Waals surface area (Å²) in [5.74, 6) is 0.184. The highest BCUT2D eigenvalue weighted by molar-refractivity contribution is 6.04. The topological polar surface area (TPSA) is 87.2 Å². The normalized spacial score (nSPS) is 17.8. The van der Waals surface area contributed by atoms with E-state index in [1.54, 1.807) is 0 Å². The van der Waals surface area contributed by atoms with E-state index in [2.05, 4.69) is 47.8 Å². The third-order valence-corrected chi connectivity index (χ3v) is 4.17. The fraction of sp³-hybridized carbons (Fsp3) is 0.278. The van der Waals surface area contributed by atoms with Gasteiger partial charge in [0, 0.05) is 11.3 Å². The molecule has 0 fully saturated rings. The van der Waals surface area contributed by atoms with Gasteiger partial charge in [0.1, 0.15) is 0 Å². The van der Waals surface area contributed by atoms with Gasteiger partial charge in [-0.3, -0.25) is 10.4 Å². The largest absolute Gasteiger partial charge is 0.369 e. The summed E-state index contributed by atoms with van der Waals surface area (Å²) in [6.45, 7) is 4.10. The molecule has 6 heteroatoms. The van der Waals surface area contributed by atoms with Crippen molar-refractivity contribution in [2.75, 3.05) is 0 Å². The number of fused-ring (bicyclic) bond motifs is 1. The smallest absolute Gasteiger partial charge is 0.206 e. The Balaban J connectivity index is 0.00000208. The number of halogens is 1. The number of pyridine rings is 1. The van der Waals surface area contributed by atoms with Crippen molar-refractivity contribution in [2.24, 2.45) is 10.8 Å². The van der Waals surface area contributed by atoms with E-state index < -0.39 is 0 Å². The molecule has 1 atom stereocenters. The summed E-state index contributed by atoms with van der Waals surface area (Å²) >= 11 is 0. The Labute approximate surface area is 148 Å². The number of nitrogens with two attached hydrogens (primary N) is 1. The molecule has 126 valence electrons. The van der Waals surface area contributed by atoms with Crippen LogP contribution in [0, 0.1) is 19.3 Å². The second-order valence-corrected chi connectivity index (χ2v) is 6.00. The van der Waals surface area contributed by atoms with E-state index >= 15 is 0 Å². The zero-order chi connectivity index (χ0) is 16.4. The van der Waals surface area contributed by atoms with Crippen LogP contribution in [-0.4, -0.2) is 16.7 Å². The van der Waals surface area contributed by atoms with Crippen molar-refractivity contribution < 1.29 is 0 Å². The van der Waals surface area contributed by atoms with Crippen molar-refractivity contribution in [3.8, 4) is 0 Å². The first-order chi connectivity index (χ1) is 11.0. The molecule has 0 amide bonds. The minimum absolute atomic E-state index is 0. The Kier molecular flexibility index (Phi) is 5.57. The van der Waals surface area contributed by atoms with Crippen LogP contribution in [0.15, 0.2) is 41.5 Å². The highest BCUT2D eigenvalue weighted by Gasteiger charge is 2.27. The lowest BCUT2D eigenvalue weighted by Crippen LogP contribution is -2.29. The minimum Gasteiger partial charge on any atom is -0.369 e. The predicted molar refractivity (Wildman–Crippen MR) is 100 cm³/mol. The SMILES string of the molecule is Cc1cc(C)c2c(n1)CC(c1ccccc1)C/C2=N/NC(=N)N.Cl. The van der Waals surface area contributed by atoms with Crippen LogP contribution < -0.4 is 11.2 Å². The number of nitrogens with zero attached hydrogens (tertiary/aromatic N) is 2. The Morgan fingerprint density at radius 1 is 1.25 bits per heavy atom. The van der Waals surface area contributed by atoms with E-state index in [0.29, 0.717) is 5.92 Å². The van der Waals surface area contributed by atoms with Crippen molar-refractivity contribution in [1.82, 2.24) is 10.4 Å². The first-order valence-electron chi connectivity index (χ1n) is 7.73. The lowest BCUT2D eigenvalue weighted by Gasteiger charge is -2.27. The summed E-state index contributed by atoms with van der Waals surface area (Å²) in [5.41, 5.74) is 14.5.